The number of primary amides is 1. The Morgan fingerprint density at radius 2 is 1.81 bits per heavy atom. The van der Waals surface area contributed by atoms with Gasteiger partial charge >= 0.3 is 0 Å². The average molecular weight is 406 g/mol. The summed E-state index contributed by atoms with van der Waals surface area (Å²) in [5, 5.41) is 4.17. The molecule has 0 aliphatic rings. The van der Waals surface area contributed by atoms with Crippen LogP contribution in [0.5, 0.6) is 0 Å². The first kappa shape index (κ1) is 21.3. The van der Waals surface area contributed by atoms with E-state index in [9.17, 15) is 9.59 Å². The monoisotopic (exact) mass is 405 g/mol. The van der Waals surface area contributed by atoms with Crippen molar-refractivity contribution in [3.05, 3.63) is 57.2 Å². The van der Waals surface area contributed by atoms with Crippen LogP contribution in [-0.4, -0.2) is 22.6 Å². The van der Waals surface area contributed by atoms with E-state index < -0.39 is 5.91 Å². The molecule has 0 aliphatic carbocycles. The van der Waals surface area contributed by atoms with Crippen molar-refractivity contribution in [3.8, 4) is 0 Å². The van der Waals surface area contributed by atoms with Crippen LogP contribution in [0.4, 0.5) is 0 Å². The van der Waals surface area contributed by atoms with Crippen molar-refractivity contribution in [3.63, 3.8) is 0 Å². The van der Waals surface area contributed by atoms with Gasteiger partial charge in [0.05, 0.1) is 17.4 Å². The lowest BCUT2D eigenvalue weighted by Crippen LogP contribution is -2.29. The number of pyridine rings is 1. The predicted octanol–water partition coefficient (Wildman–Crippen LogP) is 4.12. The molecule has 1 heterocycles. The quantitative estimate of drug-likeness (QED) is 0.678. The lowest BCUT2D eigenvalue weighted by Gasteiger charge is -2.18. The van der Waals surface area contributed by atoms with Crippen LogP contribution in [-0.2, 0) is 4.79 Å². The third-order valence-corrected chi connectivity index (χ3v) is 5.79. The molecule has 7 heteroatoms. The number of nitrogens with zero attached hydrogens (tertiary/aromatic N) is 1. The molecule has 2 rings (SSSR count). The molecule has 2 aromatic rings. The minimum atomic E-state index is -0.529. The molecule has 1 aromatic carbocycles. The second-order valence-electron chi connectivity index (χ2n) is 6.36. The first-order valence-corrected chi connectivity index (χ1v) is 10.1. The van der Waals surface area contributed by atoms with E-state index in [0.717, 1.165) is 28.8 Å². The number of benzene rings is 1. The lowest BCUT2D eigenvalue weighted by atomic mass is 10.0. The van der Waals surface area contributed by atoms with Crippen molar-refractivity contribution in [2.24, 2.45) is 5.73 Å². The molecule has 1 atom stereocenters. The van der Waals surface area contributed by atoms with E-state index >= 15 is 0 Å². The Bertz CT molecular complexity index is 853. The van der Waals surface area contributed by atoms with Gasteiger partial charge in [0.2, 0.25) is 5.91 Å². The summed E-state index contributed by atoms with van der Waals surface area (Å²) in [6.45, 7) is 7.64. The predicted molar refractivity (Wildman–Crippen MR) is 110 cm³/mol. The third-order valence-electron chi connectivity index (χ3n) is 4.57. The van der Waals surface area contributed by atoms with Gasteiger partial charge in [0.15, 0.2) is 0 Å². The molecule has 27 heavy (non-hydrogen) atoms. The molecule has 5 nitrogen and oxygen atoms in total. The first-order valence-electron chi connectivity index (χ1n) is 8.69. The Morgan fingerprint density at radius 1 is 1.19 bits per heavy atom. The number of hydrogen-bond donors (Lipinski definition) is 2. The summed E-state index contributed by atoms with van der Waals surface area (Å²) >= 11 is 7.15. The number of nitrogens with one attached hydrogen (secondary N) is 1. The molecule has 3 N–H and O–H groups in total. The van der Waals surface area contributed by atoms with E-state index in [1.807, 2.05) is 39.8 Å². The van der Waals surface area contributed by atoms with Crippen LogP contribution >= 0.6 is 23.4 Å². The van der Waals surface area contributed by atoms with Crippen molar-refractivity contribution in [1.82, 2.24) is 10.3 Å². The minimum Gasteiger partial charge on any atom is -0.366 e. The van der Waals surface area contributed by atoms with E-state index in [1.54, 1.807) is 12.1 Å². The van der Waals surface area contributed by atoms with E-state index in [2.05, 4.69) is 10.3 Å². The molecule has 1 aromatic heterocycles. The summed E-state index contributed by atoms with van der Waals surface area (Å²) in [7, 11) is 0. The molecule has 0 fully saturated rings. The molecular weight excluding hydrogens is 382 g/mol. The summed E-state index contributed by atoms with van der Waals surface area (Å²) in [5.74, 6) is -0.507. The highest BCUT2D eigenvalue weighted by atomic mass is 35.5. The number of amides is 2. The van der Waals surface area contributed by atoms with E-state index in [4.69, 9.17) is 17.3 Å². The standard InChI is InChI=1S/C20H24ClN3O2S/c1-5-16(14-6-8-15(21)9-7-14)24-17(25)10-27-20-18(19(22)26)12(3)11(2)13(4)23-20/h6-9,16H,5,10H2,1-4H3,(H2,22,26)(H,24,25). The maximum absolute atomic E-state index is 12.4. The number of carbonyl (C=O) groups excluding carboxylic acids is 2. The molecular formula is C20H24ClN3O2S. The van der Waals surface area contributed by atoms with Crippen LogP contribution in [0.2, 0.25) is 5.02 Å². The summed E-state index contributed by atoms with van der Waals surface area (Å²) in [4.78, 5) is 28.7. The Hall–Kier alpha value is -2.05. The maximum atomic E-state index is 12.4. The van der Waals surface area contributed by atoms with E-state index in [0.29, 0.717) is 15.6 Å². The second-order valence-corrected chi connectivity index (χ2v) is 7.76. The van der Waals surface area contributed by atoms with Gasteiger partial charge in [-0.3, -0.25) is 9.59 Å². The molecule has 0 aliphatic heterocycles. The highest BCUT2D eigenvalue weighted by Crippen LogP contribution is 2.27. The normalized spacial score (nSPS) is 11.9. The summed E-state index contributed by atoms with van der Waals surface area (Å²) in [6, 6.07) is 7.33. The molecule has 0 radical (unpaired) electrons. The minimum absolute atomic E-state index is 0.0968. The Kier molecular flexibility index (Phi) is 7.27. The smallest absolute Gasteiger partial charge is 0.251 e. The van der Waals surface area contributed by atoms with Crippen molar-refractivity contribution in [1.29, 1.82) is 0 Å². The van der Waals surface area contributed by atoms with E-state index in [-0.39, 0.29) is 17.7 Å². The average Bonchev–Trinajstić information content (AvgIpc) is 2.62. The largest absolute Gasteiger partial charge is 0.366 e. The number of thioether (sulfide) groups is 1. The Labute approximate surface area is 169 Å². The molecule has 0 saturated carbocycles. The van der Waals surface area contributed by atoms with Gasteiger partial charge in [-0.15, -0.1) is 0 Å². The zero-order valence-electron chi connectivity index (χ0n) is 15.9. The lowest BCUT2D eigenvalue weighted by molar-refractivity contribution is -0.119. The van der Waals surface area contributed by atoms with Crippen LogP contribution in [0.3, 0.4) is 0 Å². The zero-order valence-corrected chi connectivity index (χ0v) is 17.5. The number of nitrogens with two attached hydrogens (primary N) is 1. The summed E-state index contributed by atoms with van der Waals surface area (Å²) in [5.41, 5.74) is 9.49. The van der Waals surface area contributed by atoms with Gasteiger partial charge in [-0.25, -0.2) is 4.98 Å². The zero-order chi connectivity index (χ0) is 20.1. The van der Waals surface area contributed by atoms with Crippen molar-refractivity contribution in [2.45, 2.75) is 45.2 Å². The van der Waals surface area contributed by atoms with Gasteiger partial charge in [-0.05, 0) is 56.0 Å². The van der Waals surface area contributed by atoms with Crippen LogP contribution in [0.1, 0.15) is 52.1 Å². The highest BCUT2D eigenvalue weighted by molar-refractivity contribution is 8.00. The Balaban J connectivity index is 2.11. The van der Waals surface area contributed by atoms with Crippen LogP contribution in [0.25, 0.3) is 0 Å². The van der Waals surface area contributed by atoms with Gasteiger partial charge in [0, 0.05) is 10.7 Å². The van der Waals surface area contributed by atoms with Gasteiger partial charge < -0.3 is 11.1 Å². The topological polar surface area (TPSA) is 85.1 Å². The summed E-state index contributed by atoms with van der Waals surface area (Å²) < 4.78 is 0. The fourth-order valence-corrected chi connectivity index (χ4v) is 3.87. The SMILES string of the molecule is CCC(NC(=O)CSc1nc(C)c(C)c(C)c1C(N)=O)c1ccc(Cl)cc1. The van der Waals surface area contributed by atoms with Gasteiger partial charge in [0.1, 0.15) is 5.03 Å². The van der Waals surface area contributed by atoms with Crippen molar-refractivity contribution in [2.75, 3.05) is 5.75 Å². The number of aromatic nitrogens is 1. The van der Waals surface area contributed by atoms with Gasteiger partial charge in [-0.2, -0.15) is 0 Å². The molecule has 0 saturated heterocycles. The second kappa shape index (κ2) is 9.24. The maximum Gasteiger partial charge on any atom is 0.251 e. The van der Waals surface area contributed by atoms with Crippen molar-refractivity contribution >= 4 is 35.2 Å². The van der Waals surface area contributed by atoms with Gasteiger partial charge in [-0.1, -0.05) is 42.4 Å². The van der Waals surface area contributed by atoms with E-state index in [1.165, 1.54) is 11.8 Å². The molecule has 144 valence electrons. The highest BCUT2D eigenvalue weighted by Gasteiger charge is 2.19. The number of hydrogen-bond acceptors (Lipinski definition) is 4. The van der Waals surface area contributed by atoms with Crippen LogP contribution in [0, 0.1) is 20.8 Å². The number of halogens is 1. The fraction of sp³-hybridized carbons (Fsp3) is 0.350. The van der Waals surface area contributed by atoms with Crippen LogP contribution < -0.4 is 11.1 Å². The molecule has 2 amide bonds. The van der Waals surface area contributed by atoms with Crippen molar-refractivity contribution < 1.29 is 9.59 Å². The fourth-order valence-electron chi connectivity index (χ4n) is 2.79. The molecule has 0 spiro atoms. The number of carbonyl (C=O) groups is 2. The van der Waals surface area contributed by atoms with Crippen LogP contribution in [0.15, 0.2) is 29.3 Å². The summed E-state index contributed by atoms with van der Waals surface area (Å²) in [6.07, 6.45) is 0.756. The third kappa shape index (κ3) is 5.23. The van der Waals surface area contributed by atoms with Gasteiger partial charge in [0.25, 0.3) is 5.91 Å². The molecule has 0 bridgehead atoms. The first-order chi connectivity index (χ1) is 12.7. The number of rotatable bonds is 7. The molecule has 1 unspecified atom stereocenters. The Morgan fingerprint density at radius 3 is 2.37 bits per heavy atom. The number of aryl methyl sites for hydroxylation is 1.